The number of aliphatic hydroxyl groups excluding tert-OH is 1. The average Bonchev–Trinajstić information content (AvgIpc) is 2.49. The van der Waals surface area contributed by atoms with Gasteiger partial charge in [0.1, 0.15) is 0 Å². The van der Waals surface area contributed by atoms with Crippen molar-refractivity contribution in [3.8, 4) is 0 Å². The van der Waals surface area contributed by atoms with E-state index in [0.29, 0.717) is 19.6 Å². The Balaban J connectivity index is 1.86. The van der Waals surface area contributed by atoms with Gasteiger partial charge in [-0.1, -0.05) is 12.1 Å². The van der Waals surface area contributed by atoms with Crippen LogP contribution in [0.1, 0.15) is 51.3 Å². The molecule has 0 aliphatic carbocycles. The number of carbonyl (C=O) groups is 1. The third kappa shape index (κ3) is 5.61. The van der Waals surface area contributed by atoms with Crippen molar-refractivity contribution in [3.63, 3.8) is 0 Å². The van der Waals surface area contributed by atoms with E-state index < -0.39 is 6.10 Å². The fourth-order valence-electron chi connectivity index (χ4n) is 2.51. The third-order valence-electron chi connectivity index (χ3n) is 3.89. The molecule has 0 aromatic heterocycles. The van der Waals surface area contributed by atoms with E-state index in [2.05, 4.69) is 23.6 Å². The molecule has 2 rings (SSSR count). The average molecular weight is 320 g/mol. The summed E-state index contributed by atoms with van der Waals surface area (Å²) >= 11 is 0. The highest BCUT2D eigenvalue weighted by Gasteiger charge is 2.17. The number of hydrogen-bond donors (Lipinski definition) is 3. The smallest absolute Gasteiger partial charge is 0.224 e. The second-order valence-electron chi connectivity index (χ2n) is 7.17. The predicted molar refractivity (Wildman–Crippen MR) is 91.5 cm³/mol. The van der Waals surface area contributed by atoms with Crippen LogP contribution in [-0.2, 0) is 16.0 Å². The van der Waals surface area contributed by atoms with Gasteiger partial charge in [-0.2, -0.15) is 0 Å². The van der Waals surface area contributed by atoms with Crippen LogP contribution in [0.5, 0.6) is 0 Å². The minimum absolute atomic E-state index is 0.0818. The molecule has 1 aliphatic rings. The van der Waals surface area contributed by atoms with Gasteiger partial charge in [0.15, 0.2) is 0 Å². The Labute approximate surface area is 138 Å². The summed E-state index contributed by atoms with van der Waals surface area (Å²) in [6.45, 7) is 8.79. The fraction of sp³-hybridized carbons (Fsp3) is 0.611. The van der Waals surface area contributed by atoms with Gasteiger partial charge in [-0.25, -0.2) is 0 Å². The zero-order valence-corrected chi connectivity index (χ0v) is 14.5. The Kier molecular flexibility index (Phi) is 5.79. The van der Waals surface area contributed by atoms with Crippen LogP contribution in [0, 0.1) is 0 Å². The fourth-order valence-corrected chi connectivity index (χ4v) is 2.51. The van der Waals surface area contributed by atoms with E-state index >= 15 is 0 Å². The van der Waals surface area contributed by atoms with Crippen LogP contribution >= 0.6 is 0 Å². The summed E-state index contributed by atoms with van der Waals surface area (Å²) in [6, 6.07) is 6.23. The van der Waals surface area contributed by atoms with Crippen molar-refractivity contribution >= 4 is 11.6 Å². The zero-order chi connectivity index (χ0) is 17.0. The van der Waals surface area contributed by atoms with Crippen molar-refractivity contribution < 1.29 is 14.6 Å². The highest BCUT2D eigenvalue weighted by atomic mass is 16.5. The quantitative estimate of drug-likeness (QED) is 0.753. The number of anilines is 1. The Morgan fingerprint density at radius 1 is 1.35 bits per heavy atom. The van der Waals surface area contributed by atoms with Crippen LogP contribution in [-0.4, -0.2) is 35.9 Å². The van der Waals surface area contributed by atoms with Gasteiger partial charge in [-0.05, 0) is 51.3 Å². The summed E-state index contributed by atoms with van der Waals surface area (Å²) in [5, 5.41) is 16.2. The van der Waals surface area contributed by atoms with Crippen LogP contribution < -0.4 is 10.6 Å². The van der Waals surface area contributed by atoms with Crippen molar-refractivity contribution in [1.29, 1.82) is 0 Å². The molecule has 0 saturated carbocycles. The first kappa shape index (κ1) is 17.9. The molecule has 0 fully saturated rings. The zero-order valence-electron chi connectivity index (χ0n) is 14.5. The lowest BCUT2D eigenvalue weighted by molar-refractivity contribution is -0.116. The van der Waals surface area contributed by atoms with Gasteiger partial charge in [-0.15, -0.1) is 0 Å². The second kappa shape index (κ2) is 7.43. The normalized spacial score (nSPS) is 17.3. The molecule has 5 nitrogen and oxygen atoms in total. The molecule has 0 saturated heterocycles. The number of amides is 1. The molecule has 1 heterocycles. The van der Waals surface area contributed by atoms with Gasteiger partial charge in [-0.3, -0.25) is 4.79 Å². The molecule has 0 spiro atoms. The molecule has 3 N–H and O–H groups in total. The topological polar surface area (TPSA) is 70.6 Å². The van der Waals surface area contributed by atoms with Crippen LogP contribution in [0.15, 0.2) is 18.2 Å². The van der Waals surface area contributed by atoms with E-state index in [4.69, 9.17) is 4.74 Å². The van der Waals surface area contributed by atoms with E-state index in [1.807, 2.05) is 32.9 Å². The molecule has 23 heavy (non-hydrogen) atoms. The first-order valence-corrected chi connectivity index (χ1v) is 8.23. The maximum absolute atomic E-state index is 11.4. The molecule has 0 bridgehead atoms. The summed E-state index contributed by atoms with van der Waals surface area (Å²) in [7, 11) is 0. The van der Waals surface area contributed by atoms with E-state index in [9.17, 15) is 9.90 Å². The second-order valence-corrected chi connectivity index (χ2v) is 7.17. The van der Waals surface area contributed by atoms with Crippen molar-refractivity contribution in [2.24, 2.45) is 0 Å². The predicted octanol–water partition coefficient (Wildman–Crippen LogP) is 2.40. The van der Waals surface area contributed by atoms with Gasteiger partial charge in [0.2, 0.25) is 5.91 Å². The number of hydrogen-bond acceptors (Lipinski definition) is 4. The molecule has 1 aromatic rings. The lowest BCUT2D eigenvalue weighted by Crippen LogP contribution is -2.35. The van der Waals surface area contributed by atoms with E-state index in [0.717, 1.165) is 17.7 Å². The number of ether oxygens (including phenoxy) is 1. The van der Waals surface area contributed by atoms with Crippen molar-refractivity contribution in [2.45, 2.75) is 58.3 Å². The Bertz CT molecular complexity index is 552. The van der Waals surface area contributed by atoms with E-state index in [1.165, 1.54) is 5.56 Å². The lowest BCUT2D eigenvalue weighted by atomic mass is 9.98. The molecule has 128 valence electrons. The van der Waals surface area contributed by atoms with Crippen LogP contribution in [0.4, 0.5) is 5.69 Å². The number of nitrogens with one attached hydrogen (secondary N) is 2. The molecule has 2 unspecified atom stereocenters. The van der Waals surface area contributed by atoms with Gasteiger partial charge in [0.05, 0.1) is 18.3 Å². The summed E-state index contributed by atoms with van der Waals surface area (Å²) in [4.78, 5) is 11.4. The molecule has 1 amide bonds. The number of benzene rings is 1. The SMILES string of the molecule is CC(NCC(O)COC(C)(C)C)c1ccc2c(c1)CCC(=O)N2. The van der Waals surface area contributed by atoms with Gasteiger partial charge in [0, 0.05) is 24.7 Å². The Morgan fingerprint density at radius 2 is 2.09 bits per heavy atom. The summed E-state index contributed by atoms with van der Waals surface area (Å²) in [5.41, 5.74) is 3.00. The number of aliphatic hydroxyl groups is 1. The molecular weight excluding hydrogens is 292 g/mol. The Morgan fingerprint density at radius 3 is 2.78 bits per heavy atom. The summed E-state index contributed by atoms with van der Waals surface area (Å²) in [5.74, 6) is 0.0818. The molecular formula is C18H28N2O3. The maximum atomic E-state index is 11.4. The van der Waals surface area contributed by atoms with Crippen molar-refractivity contribution in [3.05, 3.63) is 29.3 Å². The van der Waals surface area contributed by atoms with Crippen molar-refractivity contribution in [1.82, 2.24) is 5.32 Å². The first-order valence-electron chi connectivity index (χ1n) is 8.23. The van der Waals surface area contributed by atoms with E-state index in [1.54, 1.807) is 0 Å². The monoisotopic (exact) mass is 320 g/mol. The molecule has 0 radical (unpaired) electrons. The van der Waals surface area contributed by atoms with Crippen LogP contribution in [0.2, 0.25) is 0 Å². The number of fused-ring (bicyclic) bond motifs is 1. The minimum Gasteiger partial charge on any atom is -0.389 e. The van der Waals surface area contributed by atoms with Gasteiger partial charge < -0.3 is 20.5 Å². The largest absolute Gasteiger partial charge is 0.389 e. The standard InChI is InChI=1S/C18H28N2O3/c1-12(19-10-15(21)11-23-18(2,3)4)13-5-7-16-14(9-13)6-8-17(22)20-16/h5,7,9,12,15,19,21H,6,8,10-11H2,1-4H3,(H,20,22). The third-order valence-corrected chi connectivity index (χ3v) is 3.89. The highest BCUT2D eigenvalue weighted by Crippen LogP contribution is 2.26. The van der Waals surface area contributed by atoms with E-state index in [-0.39, 0.29) is 17.6 Å². The summed E-state index contributed by atoms with van der Waals surface area (Å²) < 4.78 is 5.58. The molecule has 5 heteroatoms. The molecule has 2 atom stereocenters. The van der Waals surface area contributed by atoms with Crippen molar-refractivity contribution in [2.75, 3.05) is 18.5 Å². The van der Waals surface area contributed by atoms with Gasteiger partial charge in [0.25, 0.3) is 0 Å². The molecule has 1 aliphatic heterocycles. The lowest BCUT2D eigenvalue weighted by Gasteiger charge is -2.24. The Hall–Kier alpha value is -1.43. The molecule has 1 aromatic carbocycles. The summed E-state index contributed by atoms with van der Waals surface area (Å²) in [6.07, 6.45) is 0.791. The highest BCUT2D eigenvalue weighted by molar-refractivity contribution is 5.93. The van der Waals surface area contributed by atoms with Gasteiger partial charge >= 0.3 is 0 Å². The first-order chi connectivity index (χ1) is 10.7. The maximum Gasteiger partial charge on any atom is 0.224 e. The number of carbonyl (C=O) groups excluding carboxylic acids is 1. The van der Waals surface area contributed by atoms with Crippen LogP contribution in [0.25, 0.3) is 0 Å². The number of rotatable bonds is 6. The van der Waals surface area contributed by atoms with Crippen LogP contribution in [0.3, 0.4) is 0 Å². The number of aryl methyl sites for hydroxylation is 1. The minimum atomic E-state index is -0.534.